The topological polar surface area (TPSA) is 49.3 Å². The molecule has 0 aliphatic carbocycles. The average Bonchev–Trinajstić information content (AvgIpc) is 2.34. The monoisotopic (exact) mass is 271 g/mol. The van der Waals surface area contributed by atoms with Crippen LogP contribution < -0.4 is 5.32 Å². The number of aliphatic hydroxyl groups is 1. The van der Waals surface area contributed by atoms with Gasteiger partial charge in [-0.25, -0.2) is 4.39 Å². The Balaban J connectivity index is 2.51. The fourth-order valence-corrected chi connectivity index (χ4v) is 1.56. The molecule has 0 atom stereocenters. The van der Waals surface area contributed by atoms with E-state index in [0.29, 0.717) is 19.4 Å². The van der Waals surface area contributed by atoms with Crippen molar-refractivity contribution >= 4 is 23.6 Å². The number of rotatable bonds is 6. The summed E-state index contributed by atoms with van der Waals surface area (Å²) in [7, 11) is 0. The van der Waals surface area contributed by atoms with Crippen LogP contribution in [0.15, 0.2) is 24.3 Å². The van der Waals surface area contributed by atoms with E-state index >= 15 is 0 Å². The van der Waals surface area contributed by atoms with E-state index in [-0.39, 0.29) is 23.1 Å². The molecule has 1 rings (SSSR count). The van der Waals surface area contributed by atoms with Gasteiger partial charge in [-0.3, -0.25) is 4.79 Å². The molecule has 0 fully saturated rings. The maximum atomic E-state index is 13.4. The van der Waals surface area contributed by atoms with Gasteiger partial charge in [0, 0.05) is 24.8 Å². The number of unbranched alkanes of at least 4 members (excludes halogenated alkanes) is 1. The first-order valence-electron chi connectivity index (χ1n) is 5.66. The Hall–Kier alpha value is -1.39. The lowest BCUT2D eigenvalue weighted by molar-refractivity contribution is -0.116. The van der Waals surface area contributed by atoms with E-state index in [1.807, 2.05) is 0 Å². The smallest absolute Gasteiger partial charge is 0.244 e. The zero-order valence-electron chi connectivity index (χ0n) is 9.83. The first-order valence-corrected chi connectivity index (χ1v) is 6.03. The molecule has 0 bridgehead atoms. The van der Waals surface area contributed by atoms with Crippen LogP contribution in [-0.4, -0.2) is 24.2 Å². The van der Waals surface area contributed by atoms with Crippen molar-refractivity contribution < 1.29 is 14.3 Å². The van der Waals surface area contributed by atoms with Crippen LogP contribution in [0, 0.1) is 5.82 Å². The number of carbonyl (C=O) groups excluding carboxylic acids is 1. The second-order valence-corrected chi connectivity index (χ2v) is 4.10. The summed E-state index contributed by atoms with van der Waals surface area (Å²) in [6.07, 6.45) is 3.93. The zero-order chi connectivity index (χ0) is 13.4. The largest absolute Gasteiger partial charge is 0.396 e. The van der Waals surface area contributed by atoms with Crippen LogP contribution in [0.25, 0.3) is 6.08 Å². The third kappa shape index (κ3) is 4.85. The van der Waals surface area contributed by atoms with Gasteiger partial charge in [-0.2, -0.15) is 0 Å². The molecule has 1 aromatic carbocycles. The van der Waals surface area contributed by atoms with Crippen molar-refractivity contribution in [3.8, 4) is 0 Å². The van der Waals surface area contributed by atoms with Gasteiger partial charge in [-0.15, -0.1) is 0 Å². The predicted molar refractivity (Wildman–Crippen MR) is 69.8 cm³/mol. The predicted octanol–water partition coefficient (Wildman–Crippen LogP) is 2.38. The fraction of sp³-hybridized carbons (Fsp3) is 0.308. The highest BCUT2D eigenvalue weighted by Crippen LogP contribution is 2.20. The Kier molecular flexibility index (Phi) is 6.39. The molecule has 0 heterocycles. The minimum absolute atomic E-state index is 0.108. The highest BCUT2D eigenvalue weighted by Gasteiger charge is 2.03. The summed E-state index contributed by atoms with van der Waals surface area (Å²) in [6.45, 7) is 0.589. The van der Waals surface area contributed by atoms with E-state index in [2.05, 4.69) is 5.32 Å². The minimum Gasteiger partial charge on any atom is -0.396 e. The van der Waals surface area contributed by atoms with E-state index < -0.39 is 5.82 Å². The molecule has 1 aromatic rings. The van der Waals surface area contributed by atoms with Gasteiger partial charge in [0.2, 0.25) is 5.91 Å². The molecule has 18 heavy (non-hydrogen) atoms. The average molecular weight is 272 g/mol. The second kappa shape index (κ2) is 7.84. The molecule has 0 saturated carbocycles. The van der Waals surface area contributed by atoms with Gasteiger partial charge in [-0.05, 0) is 31.1 Å². The van der Waals surface area contributed by atoms with Gasteiger partial charge < -0.3 is 10.4 Å². The highest BCUT2D eigenvalue weighted by molar-refractivity contribution is 6.32. The molecule has 0 aliphatic rings. The number of aliphatic hydroxyl groups excluding tert-OH is 1. The van der Waals surface area contributed by atoms with Gasteiger partial charge >= 0.3 is 0 Å². The number of hydrogen-bond acceptors (Lipinski definition) is 2. The van der Waals surface area contributed by atoms with Crippen molar-refractivity contribution in [3.63, 3.8) is 0 Å². The number of hydrogen-bond donors (Lipinski definition) is 2. The minimum atomic E-state index is -0.466. The summed E-state index contributed by atoms with van der Waals surface area (Å²) in [5.74, 6) is -0.779. The summed E-state index contributed by atoms with van der Waals surface area (Å²) in [5, 5.41) is 11.4. The van der Waals surface area contributed by atoms with Crippen LogP contribution in [0.4, 0.5) is 4.39 Å². The Morgan fingerprint density at radius 3 is 2.89 bits per heavy atom. The van der Waals surface area contributed by atoms with Crippen LogP contribution in [-0.2, 0) is 4.79 Å². The third-order valence-electron chi connectivity index (χ3n) is 2.29. The molecule has 0 radical (unpaired) electrons. The van der Waals surface area contributed by atoms with Crippen molar-refractivity contribution in [2.24, 2.45) is 0 Å². The molecule has 0 spiro atoms. The SMILES string of the molecule is O=C(/C=C/c1c(F)cccc1Cl)NCCCCO. The zero-order valence-corrected chi connectivity index (χ0v) is 10.6. The Labute approximate surface area is 110 Å². The number of carbonyl (C=O) groups is 1. The first-order chi connectivity index (χ1) is 8.65. The molecule has 1 amide bonds. The van der Waals surface area contributed by atoms with Crippen LogP contribution in [0.3, 0.4) is 0 Å². The summed E-state index contributed by atoms with van der Waals surface area (Å²) < 4.78 is 13.4. The first kappa shape index (κ1) is 14.7. The number of benzene rings is 1. The molecule has 0 unspecified atom stereocenters. The summed E-state index contributed by atoms with van der Waals surface area (Å²) in [4.78, 5) is 11.4. The fourth-order valence-electron chi connectivity index (χ4n) is 1.34. The summed E-state index contributed by atoms with van der Waals surface area (Å²) in [6, 6.07) is 4.35. The van der Waals surface area contributed by atoms with Gasteiger partial charge in [0.25, 0.3) is 0 Å². The van der Waals surface area contributed by atoms with Crippen molar-refractivity contribution in [2.45, 2.75) is 12.8 Å². The molecule has 98 valence electrons. The molecular formula is C13H15ClFNO2. The maximum absolute atomic E-state index is 13.4. The van der Waals surface area contributed by atoms with Crippen LogP contribution in [0.1, 0.15) is 18.4 Å². The molecule has 5 heteroatoms. The van der Waals surface area contributed by atoms with Gasteiger partial charge in [0.05, 0.1) is 5.02 Å². The van der Waals surface area contributed by atoms with Gasteiger partial charge in [0.1, 0.15) is 5.82 Å². The Bertz CT molecular complexity index is 415. The molecule has 0 aromatic heterocycles. The van der Waals surface area contributed by atoms with E-state index in [0.717, 1.165) is 0 Å². The lowest BCUT2D eigenvalue weighted by Crippen LogP contribution is -2.22. The van der Waals surface area contributed by atoms with E-state index in [1.54, 1.807) is 6.07 Å². The Morgan fingerprint density at radius 2 is 2.22 bits per heavy atom. The molecule has 0 aliphatic heterocycles. The van der Waals surface area contributed by atoms with Crippen molar-refractivity contribution in [1.82, 2.24) is 5.32 Å². The number of amides is 1. The van der Waals surface area contributed by atoms with E-state index in [1.165, 1.54) is 24.3 Å². The molecule has 3 nitrogen and oxygen atoms in total. The number of halogens is 2. The lowest BCUT2D eigenvalue weighted by Gasteiger charge is -2.01. The second-order valence-electron chi connectivity index (χ2n) is 3.69. The van der Waals surface area contributed by atoms with Crippen LogP contribution in [0.2, 0.25) is 5.02 Å². The van der Waals surface area contributed by atoms with Crippen LogP contribution in [0.5, 0.6) is 0 Å². The van der Waals surface area contributed by atoms with Crippen molar-refractivity contribution in [2.75, 3.05) is 13.2 Å². The standard InChI is InChI=1S/C13H15ClFNO2/c14-11-4-3-5-12(15)10(11)6-7-13(18)16-8-1-2-9-17/h3-7,17H,1-2,8-9H2,(H,16,18)/b7-6+. The van der Waals surface area contributed by atoms with E-state index in [9.17, 15) is 9.18 Å². The van der Waals surface area contributed by atoms with Gasteiger partial charge in [0.15, 0.2) is 0 Å². The third-order valence-corrected chi connectivity index (χ3v) is 2.61. The molecule has 0 saturated heterocycles. The Morgan fingerprint density at radius 1 is 1.44 bits per heavy atom. The van der Waals surface area contributed by atoms with Crippen molar-refractivity contribution in [1.29, 1.82) is 0 Å². The molecular weight excluding hydrogens is 257 g/mol. The number of nitrogens with one attached hydrogen (secondary N) is 1. The summed E-state index contributed by atoms with van der Waals surface area (Å²) in [5.41, 5.74) is 0.199. The van der Waals surface area contributed by atoms with Gasteiger partial charge in [-0.1, -0.05) is 17.7 Å². The molecule has 2 N–H and O–H groups in total. The quantitative estimate of drug-likeness (QED) is 0.616. The van der Waals surface area contributed by atoms with Crippen LogP contribution >= 0.6 is 11.6 Å². The van der Waals surface area contributed by atoms with E-state index in [4.69, 9.17) is 16.7 Å². The normalized spacial score (nSPS) is 10.8. The highest BCUT2D eigenvalue weighted by atomic mass is 35.5. The van der Waals surface area contributed by atoms with Crippen molar-refractivity contribution in [3.05, 3.63) is 40.7 Å². The lowest BCUT2D eigenvalue weighted by atomic mass is 10.2. The summed E-state index contributed by atoms with van der Waals surface area (Å²) >= 11 is 5.81. The maximum Gasteiger partial charge on any atom is 0.244 e.